The Hall–Kier alpha value is -3.65. The molecule has 8 heteroatoms. The van der Waals surface area contributed by atoms with Gasteiger partial charge in [-0.1, -0.05) is 36.8 Å². The average molecular weight is 448 g/mol. The number of para-hydroxylation sites is 1. The molecule has 0 radical (unpaired) electrons. The van der Waals surface area contributed by atoms with E-state index in [0.29, 0.717) is 18.1 Å². The van der Waals surface area contributed by atoms with Crippen molar-refractivity contribution in [2.75, 3.05) is 25.2 Å². The summed E-state index contributed by atoms with van der Waals surface area (Å²) in [5.41, 5.74) is 7.88. The van der Waals surface area contributed by atoms with Gasteiger partial charge < -0.3 is 15.8 Å². The molecule has 0 bridgehead atoms. The maximum absolute atomic E-state index is 12.5. The smallest absolute Gasteiger partial charge is 0.249 e. The van der Waals surface area contributed by atoms with Gasteiger partial charge in [-0.15, -0.1) is 0 Å². The van der Waals surface area contributed by atoms with Gasteiger partial charge >= 0.3 is 0 Å². The first-order valence-electron chi connectivity index (χ1n) is 11.1. The van der Waals surface area contributed by atoms with Crippen molar-refractivity contribution in [1.82, 2.24) is 15.0 Å². The van der Waals surface area contributed by atoms with E-state index in [2.05, 4.69) is 15.3 Å². The fourth-order valence-electron chi connectivity index (χ4n) is 4.19. The quantitative estimate of drug-likeness (QED) is 0.514. The summed E-state index contributed by atoms with van der Waals surface area (Å²) in [5, 5.41) is 4.82. The minimum Gasteiger partial charge on any atom is -0.457 e. The third-order valence-electron chi connectivity index (χ3n) is 5.95. The summed E-state index contributed by atoms with van der Waals surface area (Å²) in [6.45, 7) is 0. The molecule has 8 nitrogen and oxygen atoms in total. The van der Waals surface area contributed by atoms with E-state index in [9.17, 15) is 4.79 Å². The summed E-state index contributed by atoms with van der Waals surface area (Å²) in [5.74, 6) is 2.48. The van der Waals surface area contributed by atoms with E-state index in [-0.39, 0.29) is 17.9 Å². The summed E-state index contributed by atoms with van der Waals surface area (Å²) in [7, 11) is 3.15. The predicted octanol–water partition coefficient (Wildman–Crippen LogP) is 4.51. The number of aromatic nitrogens is 2. The maximum Gasteiger partial charge on any atom is 0.249 e. The number of amides is 1. The molecule has 1 saturated carbocycles. The summed E-state index contributed by atoms with van der Waals surface area (Å²) < 4.78 is 5.89. The van der Waals surface area contributed by atoms with Gasteiger partial charge in [0.2, 0.25) is 5.91 Å². The predicted molar refractivity (Wildman–Crippen MR) is 128 cm³/mol. The molecule has 2 atom stereocenters. The molecule has 1 fully saturated rings. The van der Waals surface area contributed by atoms with Gasteiger partial charge in [0.25, 0.3) is 0 Å². The molecule has 1 aliphatic rings. The van der Waals surface area contributed by atoms with E-state index in [0.717, 1.165) is 41.9 Å². The fourth-order valence-corrected chi connectivity index (χ4v) is 4.19. The third kappa shape index (κ3) is 5.40. The standard InChI is InChI=1S/C25H29N5O3/c1-30(32-2)25(31)18-7-6-8-19(15-18)29-24-22(23(26)27-16-28-24)17-11-13-21(14-12-17)33-20-9-4-3-5-10-20/h3-5,9-14,16,18-19H,6-8,15H2,1-2H3,(H3,26,27,28,29)/t18-,19?/m1/s1. The minimum absolute atomic E-state index is 0.000398. The van der Waals surface area contributed by atoms with Crippen molar-refractivity contribution in [1.29, 1.82) is 0 Å². The van der Waals surface area contributed by atoms with Crippen LogP contribution in [-0.4, -0.2) is 41.1 Å². The molecule has 1 unspecified atom stereocenters. The summed E-state index contributed by atoms with van der Waals surface area (Å²) in [6, 6.07) is 17.4. The second kappa shape index (κ2) is 10.3. The van der Waals surface area contributed by atoms with Gasteiger partial charge in [-0.25, -0.2) is 15.0 Å². The van der Waals surface area contributed by atoms with E-state index in [4.69, 9.17) is 15.3 Å². The number of carbonyl (C=O) groups excluding carboxylic acids is 1. The van der Waals surface area contributed by atoms with E-state index in [1.165, 1.54) is 18.5 Å². The number of nitrogens with zero attached hydrogens (tertiary/aromatic N) is 3. The van der Waals surface area contributed by atoms with Crippen molar-refractivity contribution >= 4 is 17.5 Å². The SMILES string of the molecule is CON(C)C(=O)[C@@H]1CCCC(Nc2ncnc(N)c2-c2ccc(Oc3ccccc3)cc2)C1. The van der Waals surface area contributed by atoms with Crippen LogP contribution >= 0.6 is 0 Å². The largest absolute Gasteiger partial charge is 0.457 e. The number of hydrogen-bond acceptors (Lipinski definition) is 7. The number of carbonyl (C=O) groups is 1. The molecular formula is C25H29N5O3. The first-order valence-corrected chi connectivity index (χ1v) is 11.1. The number of rotatable bonds is 7. The Labute approximate surface area is 193 Å². The van der Waals surface area contributed by atoms with Crippen molar-refractivity contribution in [2.24, 2.45) is 5.92 Å². The molecule has 1 aromatic heterocycles. The highest BCUT2D eigenvalue weighted by molar-refractivity contribution is 5.84. The van der Waals surface area contributed by atoms with Crippen LogP contribution in [0.15, 0.2) is 60.9 Å². The highest BCUT2D eigenvalue weighted by atomic mass is 16.7. The molecular weight excluding hydrogens is 418 g/mol. The van der Waals surface area contributed by atoms with Crippen LogP contribution in [0.2, 0.25) is 0 Å². The number of hydroxylamine groups is 2. The van der Waals surface area contributed by atoms with Gasteiger partial charge in [-0.2, -0.15) is 0 Å². The van der Waals surface area contributed by atoms with Crippen molar-refractivity contribution < 1.29 is 14.4 Å². The second-order valence-electron chi connectivity index (χ2n) is 8.15. The highest BCUT2D eigenvalue weighted by Crippen LogP contribution is 2.35. The van der Waals surface area contributed by atoms with Gasteiger partial charge in [-0.3, -0.25) is 9.63 Å². The van der Waals surface area contributed by atoms with Gasteiger partial charge in [0, 0.05) is 19.0 Å². The molecule has 3 aromatic rings. The van der Waals surface area contributed by atoms with Crippen molar-refractivity contribution in [3.8, 4) is 22.6 Å². The van der Waals surface area contributed by atoms with Crippen LogP contribution in [-0.2, 0) is 9.63 Å². The molecule has 1 amide bonds. The molecule has 2 aromatic carbocycles. The van der Waals surface area contributed by atoms with Crippen LogP contribution in [0.1, 0.15) is 25.7 Å². The molecule has 1 aliphatic carbocycles. The lowest BCUT2D eigenvalue weighted by molar-refractivity contribution is -0.174. The van der Waals surface area contributed by atoms with Crippen LogP contribution in [0.3, 0.4) is 0 Å². The van der Waals surface area contributed by atoms with E-state index in [1.807, 2.05) is 54.6 Å². The molecule has 0 aliphatic heterocycles. The molecule has 3 N–H and O–H groups in total. The van der Waals surface area contributed by atoms with Crippen molar-refractivity contribution in [3.05, 3.63) is 60.9 Å². The summed E-state index contributed by atoms with van der Waals surface area (Å²) in [4.78, 5) is 26.3. The van der Waals surface area contributed by atoms with Crippen LogP contribution < -0.4 is 15.8 Å². The molecule has 0 saturated heterocycles. The Balaban J connectivity index is 1.51. The first-order chi connectivity index (χ1) is 16.0. The Morgan fingerprint density at radius 3 is 2.52 bits per heavy atom. The fraction of sp³-hybridized carbons (Fsp3) is 0.320. The van der Waals surface area contributed by atoms with Crippen LogP contribution in [0.5, 0.6) is 11.5 Å². The Morgan fingerprint density at radius 1 is 1.06 bits per heavy atom. The second-order valence-corrected chi connectivity index (χ2v) is 8.15. The number of hydrogen-bond donors (Lipinski definition) is 2. The van der Waals surface area contributed by atoms with E-state index < -0.39 is 0 Å². The molecule has 1 heterocycles. The normalized spacial score (nSPS) is 17.9. The zero-order chi connectivity index (χ0) is 23.2. The van der Waals surface area contributed by atoms with Crippen LogP contribution in [0, 0.1) is 5.92 Å². The monoisotopic (exact) mass is 447 g/mol. The number of anilines is 2. The van der Waals surface area contributed by atoms with Crippen LogP contribution in [0.4, 0.5) is 11.6 Å². The zero-order valence-corrected chi connectivity index (χ0v) is 18.9. The Bertz CT molecular complexity index is 1080. The lowest BCUT2D eigenvalue weighted by Gasteiger charge is -2.31. The highest BCUT2D eigenvalue weighted by Gasteiger charge is 2.30. The number of nitrogens with one attached hydrogen (secondary N) is 1. The number of benzene rings is 2. The van der Waals surface area contributed by atoms with Crippen molar-refractivity contribution in [2.45, 2.75) is 31.7 Å². The number of nitrogen functional groups attached to an aromatic ring is 1. The van der Waals surface area contributed by atoms with Gasteiger partial charge in [0.15, 0.2) is 0 Å². The third-order valence-corrected chi connectivity index (χ3v) is 5.95. The van der Waals surface area contributed by atoms with Gasteiger partial charge in [0.1, 0.15) is 29.5 Å². The maximum atomic E-state index is 12.5. The molecule has 4 rings (SSSR count). The van der Waals surface area contributed by atoms with Gasteiger partial charge in [-0.05, 0) is 49.1 Å². The van der Waals surface area contributed by atoms with E-state index >= 15 is 0 Å². The summed E-state index contributed by atoms with van der Waals surface area (Å²) in [6.07, 6.45) is 4.92. The van der Waals surface area contributed by atoms with Gasteiger partial charge in [0.05, 0.1) is 12.7 Å². The Morgan fingerprint density at radius 2 is 1.79 bits per heavy atom. The first kappa shape index (κ1) is 22.5. The topological polar surface area (TPSA) is 103 Å². The van der Waals surface area contributed by atoms with E-state index in [1.54, 1.807) is 7.05 Å². The zero-order valence-electron chi connectivity index (χ0n) is 18.9. The lowest BCUT2D eigenvalue weighted by Crippen LogP contribution is -2.38. The molecule has 33 heavy (non-hydrogen) atoms. The number of nitrogens with two attached hydrogens (primary N) is 1. The average Bonchev–Trinajstić information content (AvgIpc) is 2.85. The van der Waals surface area contributed by atoms with Crippen LogP contribution in [0.25, 0.3) is 11.1 Å². The molecule has 0 spiro atoms. The number of ether oxygens (including phenoxy) is 1. The minimum atomic E-state index is -0.0850. The lowest BCUT2D eigenvalue weighted by atomic mass is 9.85. The van der Waals surface area contributed by atoms with Crippen molar-refractivity contribution in [3.63, 3.8) is 0 Å². The summed E-state index contributed by atoms with van der Waals surface area (Å²) >= 11 is 0. The molecule has 172 valence electrons. The Kier molecular flexibility index (Phi) is 7.04.